The highest BCUT2D eigenvalue weighted by Crippen LogP contribution is 2.33. The Morgan fingerprint density at radius 1 is 1.09 bits per heavy atom. The van der Waals surface area contributed by atoms with Gasteiger partial charge in [0, 0.05) is 49.0 Å². The van der Waals surface area contributed by atoms with Gasteiger partial charge in [0.05, 0.1) is 25.6 Å². The fourth-order valence-corrected chi connectivity index (χ4v) is 4.35. The topological polar surface area (TPSA) is 84.8 Å². The molecule has 5 rings (SSSR count). The van der Waals surface area contributed by atoms with Gasteiger partial charge in [0.1, 0.15) is 17.3 Å². The Bertz CT molecular complexity index is 1300. The van der Waals surface area contributed by atoms with Gasteiger partial charge in [-0.05, 0) is 37.1 Å². The third-order valence-electron chi connectivity index (χ3n) is 5.98. The lowest BCUT2D eigenvalue weighted by Crippen LogP contribution is -2.35. The van der Waals surface area contributed by atoms with Gasteiger partial charge in [0.25, 0.3) is 5.56 Å². The number of methoxy groups -OCH3 is 2. The number of anilines is 1. The molecule has 1 unspecified atom stereocenters. The van der Waals surface area contributed by atoms with Crippen LogP contribution in [0.2, 0.25) is 0 Å². The summed E-state index contributed by atoms with van der Waals surface area (Å²) in [5.74, 6) is 2.50. The van der Waals surface area contributed by atoms with Gasteiger partial charge < -0.3 is 14.4 Å². The summed E-state index contributed by atoms with van der Waals surface area (Å²) in [5.41, 5.74) is 2.88. The molecule has 1 saturated heterocycles. The van der Waals surface area contributed by atoms with E-state index in [1.165, 1.54) is 4.52 Å². The Kier molecular flexibility index (Phi) is 5.26. The van der Waals surface area contributed by atoms with E-state index in [4.69, 9.17) is 14.5 Å². The van der Waals surface area contributed by atoms with E-state index in [-0.39, 0.29) is 11.5 Å². The molecule has 1 aromatic carbocycles. The van der Waals surface area contributed by atoms with Crippen molar-refractivity contribution in [3.05, 3.63) is 70.8 Å². The number of aromatic amines is 1. The van der Waals surface area contributed by atoms with Crippen LogP contribution in [-0.2, 0) is 0 Å². The van der Waals surface area contributed by atoms with Crippen molar-refractivity contribution in [2.24, 2.45) is 0 Å². The van der Waals surface area contributed by atoms with E-state index in [2.05, 4.69) is 15.0 Å². The molecule has 0 saturated carbocycles. The Hall–Kier alpha value is -3.81. The zero-order valence-electron chi connectivity index (χ0n) is 18.1. The number of fused-ring (bicyclic) bond motifs is 1. The molecule has 1 aliphatic rings. The number of hydrogen-bond donors (Lipinski definition) is 1. The minimum absolute atomic E-state index is 0.126. The molecule has 8 heteroatoms. The standard InChI is InChI=1S/C24H25N5O3/c1-31-17-8-9-18(21(12-17)32-2)20-13-23-26-19(14-24(30)29(23)27-20)16-6-5-11-28(15-16)22-7-3-4-10-25-22/h3-4,7-10,12-14,16,27H,5-6,11,15H2,1-2H3. The van der Waals surface area contributed by atoms with Gasteiger partial charge >= 0.3 is 0 Å². The molecule has 1 atom stereocenters. The summed E-state index contributed by atoms with van der Waals surface area (Å²) in [4.78, 5) is 24.5. The monoisotopic (exact) mass is 431 g/mol. The summed E-state index contributed by atoms with van der Waals surface area (Å²) in [6.45, 7) is 1.75. The first-order valence-electron chi connectivity index (χ1n) is 10.7. The summed E-state index contributed by atoms with van der Waals surface area (Å²) >= 11 is 0. The van der Waals surface area contributed by atoms with Gasteiger partial charge in [-0.15, -0.1) is 0 Å². The molecule has 0 aliphatic carbocycles. The molecule has 0 spiro atoms. The van der Waals surface area contributed by atoms with Crippen LogP contribution in [-0.4, -0.2) is 46.9 Å². The van der Waals surface area contributed by atoms with Crippen LogP contribution in [0.15, 0.2) is 59.5 Å². The van der Waals surface area contributed by atoms with E-state index >= 15 is 0 Å². The van der Waals surface area contributed by atoms with Gasteiger partial charge in [0.2, 0.25) is 0 Å². The fraction of sp³-hybridized carbons (Fsp3) is 0.292. The molecule has 4 heterocycles. The van der Waals surface area contributed by atoms with Crippen LogP contribution in [0.25, 0.3) is 16.9 Å². The molecule has 0 amide bonds. The number of benzene rings is 1. The average molecular weight is 431 g/mol. The number of ether oxygens (including phenoxy) is 2. The van der Waals surface area contributed by atoms with Crippen LogP contribution in [0, 0.1) is 0 Å². The van der Waals surface area contributed by atoms with Gasteiger partial charge in [-0.2, -0.15) is 0 Å². The molecule has 0 bridgehead atoms. The van der Waals surface area contributed by atoms with Gasteiger partial charge in [0.15, 0.2) is 5.65 Å². The predicted molar refractivity (Wildman–Crippen MR) is 123 cm³/mol. The normalized spacial score (nSPS) is 16.3. The average Bonchev–Trinajstić information content (AvgIpc) is 3.29. The lowest BCUT2D eigenvalue weighted by molar-refractivity contribution is 0.395. The van der Waals surface area contributed by atoms with E-state index in [1.54, 1.807) is 20.3 Å². The summed E-state index contributed by atoms with van der Waals surface area (Å²) in [7, 11) is 3.22. The van der Waals surface area contributed by atoms with Gasteiger partial charge in [-0.3, -0.25) is 9.89 Å². The van der Waals surface area contributed by atoms with Crippen LogP contribution >= 0.6 is 0 Å². The van der Waals surface area contributed by atoms with Crippen LogP contribution < -0.4 is 19.9 Å². The number of nitrogens with one attached hydrogen (secondary N) is 1. The number of pyridine rings is 1. The molecule has 8 nitrogen and oxygen atoms in total. The first-order chi connectivity index (χ1) is 15.7. The summed E-state index contributed by atoms with van der Waals surface area (Å²) < 4.78 is 12.3. The predicted octanol–water partition coefficient (Wildman–Crippen LogP) is 3.49. The lowest BCUT2D eigenvalue weighted by Gasteiger charge is -2.33. The number of hydrogen-bond acceptors (Lipinski definition) is 6. The molecule has 4 aromatic rings. The Morgan fingerprint density at radius 2 is 2.00 bits per heavy atom. The maximum absolute atomic E-state index is 12.9. The molecule has 0 radical (unpaired) electrons. The molecular weight excluding hydrogens is 406 g/mol. The molecule has 3 aromatic heterocycles. The third-order valence-corrected chi connectivity index (χ3v) is 5.98. The molecular formula is C24H25N5O3. The lowest BCUT2D eigenvalue weighted by atomic mass is 9.94. The minimum atomic E-state index is -0.126. The first-order valence-corrected chi connectivity index (χ1v) is 10.7. The highest BCUT2D eigenvalue weighted by molar-refractivity contribution is 5.71. The maximum Gasteiger partial charge on any atom is 0.272 e. The quantitative estimate of drug-likeness (QED) is 0.521. The van der Waals surface area contributed by atoms with Crippen LogP contribution in [0.1, 0.15) is 24.5 Å². The van der Waals surface area contributed by atoms with Crippen molar-refractivity contribution in [3.8, 4) is 22.8 Å². The number of piperidine rings is 1. The highest BCUT2D eigenvalue weighted by atomic mass is 16.5. The maximum atomic E-state index is 12.9. The molecule has 1 N–H and O–H groups in total. The second-order valence-electron chi connectivity index (χ2n) is 7.92. The van der Waals surface area contributed by atoms with Crippen LogP contribution in [0.3, 0.4) is 0 Å². The van der Waals surface area contributed by atoms with E-state index in [1.807, 2.05) is 48.7 Å². The molecule has 32 heavy (non-hydrogen) atoms. The van der Waals surface area contributed by atoms with Gasteiger partial charge in [-0.1, -0.05) is 6.07 Å². The Labute approximate surface area is 185 Å². The fourth-order valence-electron chi connectivity index (χ4n) is 4.35. The van der Waals surface area contributed by atoms with Crippen molar-refractivity contribution in [1.82, 2.24) is 19.6 Å². The summed E-state index contributed by atoms with van der Waals surface area (Å²) in [5, 5.41) is 3.16. The van der Waals surface area contributed by atoms with E-state index < -0.39 is 0 Å². The van der Waals surface area contributed by atoms with Crippen LogP contribution in [0.4, 0.5) is 5.82 Å². The van der Waals surface area contributed by atoms with Crippen LogP contribution in [0.5, 0.6) is 11.5 Å². The van der Waals surface area contributed by atoms with Crippen molar-refractivity contribution in [2.45, 2.75) is 18.8 Å². The largest absolute Gasteiger partial charge is 0.497 e. The van der Waals surface area contributed by atoms with Crippen molar-refractivity contribution in [2.75, 3.05) is 32.2 Å². The molecule has 1 fully saturated rings. The number of H-pyrrole nitrogens is 1. The smallest absolute Gasteiger partial charge is 0.272 e. The summed E-state index contributed by atoms with van der Waals surface area (Å²) in [6.07, 6.45) is 3.84. The number of rotatable bonds is 5. The Morgan fingerprint density at radius 3 is 2.78 bits per heavy atom. The zero-order chi connectivity index (χ0) is 22.1. The summed E-state index contributed by atoms with van der Waals surface area (Å²) in [6, 6.07) is 15.0. The molecule has 1 aliphatic heterocycles. The molecule has 164 valence electrons. The number of nitrogens with zero attached hydrogens (tertiary/aromatic N) is 4. The second kappa shape index (κ2) is 8.37. The van der Waals surface area contributed by atoms with Crippen molar-refractivity contribution in [3.63, 3.8) is 0 Å². The van der Waals surface area contributed by atoms with Gasteiger partial charge in [-0.25, -0.2) is 14.5 Å². The minimum Gasteiger partial charge on any atom is -0.497 e. The SMILES string of the molecule is COc1ccc(-c2cc3nc(C4CCCN(c5ccccn5)C4)cc(=O)n3[nH]2)c(OC)c1. The van der Waals surface area contributed by atoms with Crippen molar-refractivity contribution >= 4 is 11.5 Å². The van der Waals surface area contributed by atoms with E-state index in [0.717, 1.165) is 48.7 Å². The Balaban J connectivity index is 1.49. The van der Waals surface area contributed by atoms with E-state index in [0.29, 0.717) is 17.1 Å². The number of aromatic nitrogens is 4. The zero-order valence-corrected chi connectivity index (χ0v) is 18.1. The van der Waals surface area contributed by atoms with Crippen molar-refractivity contribution in [1.29, 1.82) is 0 Å². The second-order valence-corrected chi connectivity index (χ2v) is 7.92. The first kappa shape index (κ1) is 20.1. The highest BCUT2D eigenvalue weighted by Gasteiger charge is 2.24. The van der Waals surface area contributed by atoms with E-state index in [9.17, 15) is 4.79 Å². The van der Waals surface area contributed by atoms with Crippen molar-refractivity contribution < 1.29 is 9.47 Å². The third kappa shape index (κ3) is 3.68.